The van der Waals surface area contributed by atoms with Crippen molar-refractivity contribution in [1.82, 2.24) is 29.9 Å². The summed E-state index contributed by atoms with van der Waals surface area (Å²) in [5, 5.41) is 19.2. The summed E-state index contributed by atoms with van der Waals surface area (Å²) in [7, 11) is 0. The van der Waals surface area contributed by atoms with Crippen molar-refractivity contribution in [2.45, 2.75) is 32.7 Å². The SMILES string of the molecule is CCC(=O)N1CC[C@@H](n2ccc(Nc3ncc(C(=O)Nc4c(C)ccc5[nH]ncc45)s3)n2)C1. The van der Waals surface area contributed by atoms with Gasteiger partial charge in [-0.25, -0.2) is 4.98 Å². The van der Waals surface area contributed by atoms with Gasteiger partial charge in [0.05, 0.1) is 29.6 Å². The molecule has 10 nitrogen and oxygen atoms in total. The van der Waals surface area contributed by atoms with Crippen LogP contribution in [0.4, 0.5) is 16.6 Å². The number of hydrogen-bond acceptors (Lipinski definition) is 7. The molecule has 0 radical (unpaired) electrons. The fourth-order valence-corrected chi connectivity index (χ4v) is 4.75. The standard InChI is InChI=1S/C22H24N8O2S/c1-3-19(31)29-8-6-14(12-29)30-9-7-18(28-30)25-22-23-11-17(33-22)21(32)26-20-13(2)4-5-16-15(20)10-24-27-16/h4-5,7,9-11,14H,3,6,8,12H2,1-2H3,(H,24,27)(H,26,32)(H,23,25,28)/t14-/m1/s1. The van der Waals surface area contributed by atoms with Crippen molar-refractivity contribution >= 4 is 50.7 Å². The Labute approximate surface area is 194 Å². The topological polar surface area (TPSA) is 121 Å². The van der Waals surface area contributed by atoms with Gasteiger partial charge in [-0.05, 0) is 25.0 Å². The number of benzene rings is 1. The number of hydrogen-bond donors (Lipinski definition) is 3. The molecule has 33 heavy (non-hydrogen) atoms. The van der Waals surface area contributed by atoms with Crippen LogP contribution in [-0.4, -0.2) is 54.8 Å². The second kappa shape index (κ2) is 8.66. The van der Waals surface area contributed by atoms with Gasteiger partial charge in [-0.2, -0.15) is 10.2 Å². The van der Waals surface area contributed by atoms with Gasteiger partial charge >= 0.3 is 0 Å². The van der Waals surface area contributed by atoms with Gasteiger partial charge in [-0.15, -0.1) is 0 Å². The molecule has 1 aliphatic rings. The van der Waals surface area contributed by atoms with Crippen molar-refractivity contribution < 1.29 is 9.59 Å². The normalized spacial score (nSPS) is 15.8. The van der Waals surface area contributed by atoms with E-state index in [-0.39, 0.29) is 17.9 Å². The molecule has 0 spiro atoms. The molecule has 2 amide bonds. The fourth-order valence-electron chi connectivity index (χ4n) is 4.03. The van der Waals surface area contributed by atoms with Crippen molar-refractivity contribution in [3.63, 3.8) is 0 Å². The van der Waals surface area contributed by atoms with Gasteiger partial charge in [0.25, 0.3) is 5.91 Å². The van der Waals surface area contributed by atoms with Crippen molar-refractivity contribution in [2.75, 3.05) is 23.7 Å². The van der Waals surface area contributed by atoms with E-state index < -0.39 is 0 Å². The van der Waals surface area contributed by atoms with Gasteiger partial charge < -0.3 is 15.5 Å². The summed E-state index contributed by atoms with van der Waals surface area (Å²) >= 11 is 1.26. The first-order valence-electron chi connectivity index (χ1n) is 10.8. The first-order chi connectivity index (χ1) is 16.0. The third-order valence-electron chi connectivity index (χ3n) is 5.84. The number of anilines is 3. The smallest absolute Gasteiger partial charge is 0.267 e. The third-order valence-corrected chi connectivity index (χ3v) is 6.75. The van der Waals surface area contributed by atoms with Gasteiger partial charge in [-0.3, -0.25) is 19.4 Å². The summed E-state index contributed by atoms with van der Waals surface area (Å²) in [4.78, 5) is 31.5. The van der Waals surface area contributed by atoms with Gasteiger partial charge in [0.1, 0.15) is 4.88 Å². The van der Waals surface area contributed by atoms with Crippen LogP contribution in [0, 0.1) is 6.92 Å². The molecule has 3 N–H and O–H groups in total. The minimum atomic E-state index is -0.227. The zero-order valence-corrected chi connectivity index (χ0v) is 19.1. The molecule has 1 fully saturated rings. The van der Waals surface area contributed by atoms with Crippen LogP contribution >= 0.6 is 11.3 Å². The van der Waals surface area contributed by atoms with Crippen LogP contribution in [0.1, 0.15) is 41.0 Å². The van der Waals surface area contributed by atoms with E-state index in [0.29, 0.717) is 28.8 Å². The molecule has 1 aliphatic heterocycles. The molecule has 0 bridgehead atoms. The number of nitrogens with zero attached hydrogens (tertiary/aromatic N) is 5. The van der Waals surface area contributed by atoms with E-state index in [4.69, 9.17) is 0 Å². The Balaban J connectivity index is 1.24. The van der Waals surface area contributed by atoms with Crippen molar-refractivity contribution in [1.29, 1.82) is 0 Å². The van der Waals surface area contributed by atoms with Gasteiger partial charge in [0, 0.05) is 37.2 Å². The Morgan fingerprint density at radius 3 is 3.00 bits per heavy atom. The molecule has 4 heterocycles. The molecule has 1 atom stereocenters. The average Bonchev–Trinajstić information content (AvgIpc) is 3.61. The number of nitrogens with one attached hydrogen (secondary N) is 3. The number of likely N-dealkylation sites (tertiary alicyclic amines) is 1. The Morgan fingerprint density at radius 2 is 2.15 bits per heavy atom. The molecule has 5 rings (SSSR count). The zero-order valence-electron chi connectivity index (χ0n) is 18.3. The molecule has 3 aromatic heterocycles. The molecular formula is C22H24N8O2S. The van der Waals surface area contributed by atoms with Crippen molar-refractivity contribution in [3.05, 3.63) is 47.2 Å². The molecule has 0 aliphatic carbocycles. The van der Waals surface area contributed by atoms with E-state index in [0.717, 1.165) is 35.1 Å². The number of amides is 2. The number of carbonyl (C=O) groups excluding carboxylic acids is 2. The third kappa shape index (κ3) is 4.19. The maximum absolute atomic E-state index is 12.8. The lowest BCUT2D eigenvalue weighted by molar-refractivity contribution is -0.129. The van der Waals surface area contributed by atoms with E-state index in [2.05, 4.69) is 30.9 Å². The quantitative estimate of drug-likeness (QED) is 0.400. The maximum Gasteiger partial charge on any atom is 0.267 e. The number of aromatic nitrogens is 5. The lowest BCUT2D eigenvalue weighted by Gasteiger charge is -2.15. The molecule has 170 valence electrons. The predicted molar refractivity (Wildman–Crippen MR) is 127 cm³/mol. The van der Waals surface area contributed by atoms with Gasteiger partial charge in [0.2, 0.25) is 5.91 Å². The second-order valence-corrected chi connectivity index (χ2v) is 9.04. The first kappa shape index (κ1) is 21.1. The van der Waals surface area contributed by atoms with Crippen LogP contribution in [0.5, 0.6) is 0 Å². The van der Waals surface area contributed by atoms with E-state index in [1.165, 1.54) is 11.3 Å². The monoisotopic (exact) mass is 464 g/mol. The second-order valence-electron chi connectivity index (χ2n) is 8.01. The van der Waals surface area contributed by atoms with Crippen molar-refractivity contribution in [2.24, 2.45) is 0 Å². The largest absolute Gasteiger partial charge is 0.340 e. The number of aromatic amines is 1. The number of H-pyrrole nitrogens is 1. The number of aryl methyl sites for hydroxylation is 1. The molecular weight excluding hydrogens is 440 g/mol. The summed E-state index contributed by atoms with van der Waals surface area (Å²) in [5.74, 6) is 0.598. The van der Waals surface area contributed by atoms with E-state index in [1.807, 2.05) is 47.8 Å². The lowest BCUT2D eigenvalue weighted by atomic mass is 10.1. The van der Waals surface area contributed by atoms with Crippen LogP contribution in [0.3, 0.4) is 0 Å². The Bertz CT molecular complexity index is 1320. The molecule has 4 aromatic rings. The molecule has 0 unspecified atom stereocenters. The highest BCUT2D eigenvalue weighted by atomic mass is 32.1. The summed E-state index contributed by atoms with van der Waals surface area (Å²) in [6, 6.07) is 5.91. The average molecular weight is 465 g/mol. The highest BCUT2D eigenvalue weighted by Crippen LogP contribution is 2.28. The van der Waals surface area contributed by atoms with E-state index >= 15 is 0 Å². The molecule has 1 aromatic carbocycles. The van der Waals surface area contributed by atoms with Gasteiger partial charge in [0.15, 0.2) is 10.9 Å². The highest BCUT2D eigenvalue weighted by Gasteiger charge is 2.27. The van der Waals surface area contributed by atoms with Gasteiger partial charge in [-0.1, -0.05) is 24.3 Å². The molecule has 0 saturated carbocycles. The number of carbonyl (C=O) groups is 2. The van der Waals surface area contributed by atoms with E-state index in [1.54, 1.807) is 12.4 Å². The lowest BCUT2D eigenvalue weighted by Crippen LogP contribution is -2.28. The van der Waals surface area contributed by atoms with Crippen LogP contribution < -0.4 is 10.6 Å². The van der Waals surface area contributed by atoms with Crippen molar-refractivity contribution in [3.8, 4) is 0 Å². The first-order valence-corrected chi connectivity index (χ1v) is 11.6. The Morgan fingerprint density at radius 1 is 1.27 bits per heavy atom. The van der Waals surface area contributed by atoms with Crippen LogP contribution in [0.15, 0.2) is 36.8 Å². The van der Waals surface area contributed by atoms with E-state index in [9.17, 15) is 9.59 Å². The van der Waals surface area contributed by atoms with Crippen LogP contribution in [0.25, 0.3) is 10.9 Å². The minimum Gasteiger partial charge on any atom is -0.340 e. The number of rotatable bonds is 6. The summed E-state index contributed by atoms with van der Waals surface area (Å²) in [6.45, 7) is 5.27. The minimum absolute atomic E-state index is 0.169. The Hall–Kier alpha value is -3.73. The summed E-state index contributed by atoms with van der Waals surface area (Å²) in [6.07, 6.45) is 6.57. The van der Waals surface area contributed by atoms with Crippen LogP contribution in [0.2, 0.25) is 0 Å². The predicted octanol–water partition coefficient (Wildman–Crippen LogP) is 3.70. The van der Waals surface area contributed by atoms with Crippen LogP contribution in [-0.2, 0) is 4.79 Å². The zero-order chi connectivity index (χ0) is 22.9. The fraction of sp³-hybridized carbons (Fsp3) is 0.318. The number of fused-ring (bicyclic) bond motifs is 1. The molecule has 1 saturated heterocycles. The maximum atomic E-state index is 12.8. The molecule has 11 heteroatoms. The summed E-state index contributed by atoms with van der Waals surface area (Å²) < 4.78 is 1.89. The number of thiazole rings is 1. The Kier molecular flexibility index (Phi) is 5.55. The highest BCUT2D eigenvalue weighted by molar-refractivity contribution is 7.17. The summed E-state index contributed by atoms with van der Waals surface area (Å²) in [5.41, 5.74) is 2.56.